The summed E-state index contributed by atoms with van der Waals surface area (Å²) in [5.74, 6) is 0. The van der Waals surface area contributed by atoms with Crippen LogP contribution in [0.15, 0.2) is 36.4 Å². The molecule has 0 heterocycles. The van der Waals surface area contributed by atoms with Crippen molar-refractivity contribution in [3.05, 3.63) is 59.7 Å². The van der Waals surface area contributed by atoms with Crippen molar-refractivity contribution in [1.29, 1.82) is 5.26 Å². The number of unbranched alkanes of at least 4 members (excludes halogenated alkanes) is 4. The Morgan fingerprint density at radius 1 is 0.893 bits per heavy atom. The zero-order chi connectivity index (χ0) is 20.0. The second kappa shape index (κ2) is 8.95. The first-order valence-electron chi connectivity index (χ1n) is 11.0. The van der Waals surface area contributed by atoms with Crippen LogP contribution in [0.1, 0.15) is 89.7 Å². The number of hydrogen-bond donors (Lipinski definition) is 0. The van der Waals surface area contributed by atoms with E-state index >= 15 is 0 Å². The maximum atomic E-state index is 9.32. The van der Waals surface area contributed by atoms with Crippen LogP contribution >= 0.6 is 0 Å². The first kappa shape index (κ1) is 20.7. The molecule has 1 nitrogen and oxygen atoms in total. The van der Waals surface area contributed by atoms with Gasteiger partial charge < -0.3 is 0 Å². The lowest BCUT2D eigenvalue weighted by molar-refractivity contribution is 0.372. The lowest BCUT2D eigenvalue weighted by Gasteiger charge is -2.33. The van der Waals surface area contributed by atoms with Gasteiger partial charge in [0, 0.05) is 5.41 Å². The van der Waals surface area contributed by atoms with Crippen LogP contribution in [0.3, 0.4) is 0 Å². The first-order valence-corrected chi connectivity index (χ1v) is 11.0. The second-order valence-corrected chi connectivity index (χ2v) is 9.04. The third kappa shape index (κ3) is 4.17. The third-order valence-electron chi connectivity index (χ3n) is 6.46. The highest BCUT2D eigenvalue weighted by molar-refractivity contribution is 5.80. The normalized spacial score (nSPS) is 14.4. The van der Waals surface area contributed by atoms with Crippen LogP contribution in [0.5, 0.6) is 0 Å². The van der Waals surface area contributed by atoms with Crippen LogP contribution in [0.25, 0.3) is 11.1 Å². The molecule has 1 heteroatoms. The van der Waals surface area contributed by atoms with E-state index in [1.807, 2.05) is 12.1 Å². The summed E-state index contributed by atoms with van der Waals surface area (Å²) < 4.78 is 0. The fraction of sp³-hybridized carbons (Fsp3) is 0.519. The number of nitrogens with zero attached hydrogens (tertiary/aromatic N) is 1. The van der Waals surface area contributed by atoms with Crippen LogP contribution in [0.2, 0.25) is 0 Å². The van der Waals surface area contributed by atoms with Gasteiger partial charge in [-0.1, -0.05) is 69.7 Å². The zero-order valence-electron chi connectivity index (χ0n) is 17.8. The van der Waals surface area contributed by atoms with Gasteiger partial charge in [-0.2, -0.15) is 5.26 Å². The highest BCUT2D eigenvalue weighted by atomic mass is 14.4. The van der Waals surface area contributed by atoms with Crippen molar-refractivity contribution in [2.24, 2.45) is 5.41 Å². The quantitative estimate of drug-likeness (QED) is 0.394. The Bertz CT molecular complexity index is 779. The Labute approximate surface area is 171 Å². The molecular formula is C27H33N. The molecule has 0 amide bonds. The SMILES string of the molecule is CCCCCCC1(CCCCC(C)(C)C#N)c2c[c]ccc2-c2cc[c]cc21. The van der Waals surface area contributed by atoms with Gasteiger partial charge in [-0.25, -0.2) is 0 Å². The van der Waals surface area contributed by atoms with E-state index in [2.05, 4.69) is 63.2 Å². The molecule has 3 rings (SSSR count). The Balaban J connectivity index is 1.87. The molecule has 0 spiro atoms. The average molecular weight is 372 g/mol. The Kier molecular flexibility index (Phi) is 6.61. The number of nitriles is 1. The summed E-state index contributed by atoms with van der Waals surface area (Å²) in [7, 11) is 0. The molecule has 2 aromatic carbocycles. The number of benzene rings is 2. The van der Waals surface area contributed by atoms with E-state index in [0.29, 0.717) is 0 Å². The van der Waals surface area contributed by atoms with Crippen LogP contribution in [-0.2, 0) is 5.41 Å². The van der Waals surface area contributed by atoms with E-state index in [0.717, 1.165) is 25.7 Å². The van der Waals surface area contributed by atoms with E-state index < -0.39 is 0 Å². The molecule has 28 heavy (non-hydrogen) atoms. The van der Waals surface area contributed by atoms with Crippen LogP contribution < -0.4 is 0 Å². The van der Waals surface area contributed by atoms with Crippen molar-refractivity contribution >= 4 is 0 Å². The van der Waals surface area contributed by atoms with Crippen molar-refractivity contribution in [2.45, 2.75) is 84.0 Å². The van der Waals surface area contributed by atoms with E-state index in [1.54, 1.807) is 0 Å². The fourth-order valence-electron chi connectivity index (χ4n) is 4.83. The van der Waals surface area contributed by atoms with Gasteiger partial charge >= 0.3 is 0 Å². The topological polar surface area (TPSA) is 23.8 Å². The fourth-order valence-corrected chi connectivity index (χ4v) is 4.83. The smallest absolute Gasteiger partial charge is 0.0683 e. The summed E-state index contributed by atoms with van der Waals surface area (Å²) in [5.41, 5.74) is 5.55. The van der Waals surface area contributed by atoms with Gasteiger partial charge in [0.25, 0.3) is 0 Å². The van der Waals surface area contributed by atoms with Crippen LogP contribution in [0, 0.1) is 28.9 Å². The Morgan fingerprint density at radius 3 is 2.00 bits per heavy atom. The van der Waals surface area contributed by atoms with E-state index in [9.17, 15) is 5.26 Å². The van der Waals surface area contributed by atoms with Gasteiger partial charge in [0.05, 0.1) is 11.5 Å². The van der Waals surface area contributed by atoms with Gasteiger partial charge in [-0.15, -0.1) is 0 Å². The van der Waals surface area contributed by atoms with Crippen LogP contribution in [0.4, 0.5) is 0 Å². The maximum absolute atomic E-state index is 9.32. The Morgan fingerprint density at radius 2 is 1.46 bits per heavy atom. The molecule has 1 aliphatic carbocycles. The van der Waals surface area contributed by atoms with Crippen molar-refractivity contribution in [2.75, 3.05) is 0 Å². The van der Waals surface area contributed by atoms with E-state index in [4.69, 9.17) is 0 Å². The molecule has 1 aliphatic rings. The molecule has 0 saturated heterocycles. The minimum absolute atomic E-state index is 0.0880. The van der Waals surface area contributed by atoms with E-state index in [1.165, 1.54) is 54.4 Å². The molecule has 0 saturated carbocycles. The monoisotopic (exact) mass is 371 g/mol. The molecule has 0 fully saturated rings. The van der Waals surface area contributed by atoms with E-state index in [-0.39, 0.29) is 10.8 Å². The molecule has 0 N–H and O–H groups in total. The predicted molar refractivity (Wildman–Crippen MR) is 117 cm³/mol. The number of fused-ring (bicyclic) bond motifs is 3. The summed E-state index contributed by atoms with van der Waals surface area (Å²) in [4.78, 5) is 0. The molecular weight excluding hydrogens is 338 g/mol. The highest BCUT2D eigenvalue weighted by Gasteiger charge is 2.41. The largest absolute Gasteiger partial charge is 0.198 e. The summed E-state index contributed by atoms with van der Waals surface area (Å²) in [5, 5.41) is 9.32. The van der Waals surface area contributed by atoms with Crippen molar-refractivity contribution in [3.8, 4) is 17.2 Å². The summed E-state index contributed by atoms with van der Waals surface area (Å²) in [6.45, 7) is 6.38. The van der Waals surface area contributed by atoms with Crippen molar-refractivity contribution in [3.63, 3.8) is 0 Å². The summed E-state index contributed by atoms with van der Waals surface area (Å²) in [6, 6.07) is 22.2. The molecule has 0 aliphatic heterocycles. The molecule has 2 radical (unpaired) electrons. The van der Waals surface area contributed by atoms with Crippen molar-refractivity contribution in [1.82, 2.24) is 0 Å². The first-order chi connectivity index (χ1) is 13.5. The summed E-state index contributed by atoms with van der Waals surface area (Å²) >= 11 is 0. The summed E-state index contributed by atoms with van der Waals surface area (Å²) in [6.07, 6.45) is 10.7. The minimum Gasteiger partial charge on any atom is -0.198 e. The van der Waals surface area contributed by atoms with Gasteiger partial charge in [0.1, 0.15) is 0 Å². The van der Waals surface area contributed by atoms with Gasteiger partial charge in [-0.3, -0.25) is 0 Å². The standard InChI is InChI=1S/C27H33N/c1-4-5-6-11-19-27(20-13-12-18-26(2,3)21-28)24-16-9-7-14-22(24)23-15-8-10-17-25(23)27/h7-8,14-17H,4-6,11-13,18-20H2,1-3H3. The minimum atomic E-state index is -0.221. The van der Waals surface area contributed by atoms with Crippen molar-refractivity contribution < 1.29 is 0 Å². The molecule has 0 aromatic heterocycles. The molecule has 146 valence electrons. The predicted octanol–water partition coefficient (Wildman–Crippen LogP) is 7.63. The second-order valence-electron chi connectivity index (χ2n) is 9.04. The lowest BCUT2D eigenvalue weighted by Crippen LogP contribution is -2.25. The maximum Gasteiger partial charge on any atom is 0.0683 e. The molecule has 2 aromatic rings. The highest BCUT2D eigenvalue weighted by Crippen LogP contribution is 2.53. The van der Waals surface area contributed by atoms with Gasteiger partial charge in [-0.05, 0) is 79.6 Å². The zero-order valence-corrected chi connectivity index (χ0v) is 17.8. The average Bonchev–Trinajstić information content (AvgIpc) is 3.00. The van der Waals surface area contributed by atoms with Gasteiger partial charge in [0.2, 0.25) is 0 Å². The third-order valence-corrected chi connectivity index (χ3v) is 6.46. The van der Waals surface area contributed by atoms with Gasteiger partial charge in [0.15, 0.2) is 0 Å². The molecule has 0 atom stereocenters. The number of hydrogen-bond acceptors (Lipinski definition) is 1. The molecule has 0 bridgehead atoms. The lowest BCUT2D eigenvalue weighted by atomic mass is 9.70. The number of rotatable bonds is 10. The molecule has 0 unspecified atom stereocenters. The Hall–Kier alpha value is -2.07. The van der Waals surface area contributed by atoms with Crippen LogP contribution in [-0.4, -0.2) is 0 Å².